The number of ether oxygens (including phenoxy) is 2. The number of benzene rings is 2. The highest BCUT2D eigenvalue weighted by atomic mass is 127. The molecule has 0 spiro atoms. The van der Waals surface area contributed by atoms with Crippen LogP contribution in [0, 0.1) is 0 Å². The van der Waals surface area contributed by atoms with Crippen LogP contribution >= 0.6 is 42.8 Å². The van der Waals surface area contributed by atoms with Crippen LogP contribution < -0.4 is 19.5 Å². The minimum Gasteiger partial charge on any atom is -0.455 e. The molecular weight excluding hydrogens is 563 g/mol. The summed E-state index contributed by atoms with van der Waals surface area (Å²) in [5.74, 6) is 0.774. The highest BCUT2D eigenvalue weighted by molar-refractivity contribution is 14.2. The van der Waals surface area contributed by atoms with E-state index in [0.717, 1.165) is 15.2 Å². The van der Waals surface area contributed by atoms with E-state index in [2.05, 4.69) is 22.7 Å². The van der Waals surface area contributed by atoms with Crippen LogP contribution in [0.3, 0.4) is 0 Å². The van der Waals surface area contributed by atoms with E-state index in [9.17, 15) is 18.0 Å². The number of aldehydes is 1. The Balaban J connectivity index is 2.21. The number of nitrogens with one attached hydrogen (secondary N) is 2. The molecule has 0 saturated heterocycles. The number of carbonyl (C=O) groups excluding carboxylic acids is 2. The number of amides is 1. The van der Waals surface area contributed by atoms with Crippen molar-refractivity contribution in [1.29, 1.82) is 0 Å². The molecule has 0 radical (unpaired) electrons. The van der Waals surface area contributed by atoms with Gasteiger partial charge < -0.3 is 19.6 Å². The Morgan fingerprint density at radius 3 is 2.50 bits per heavy atom. The number of para-hydroxylation sites is 1. The van der Waals surface area contributed by atoms with E-state index in [0.29, 0.717) is 18.4 Å². The van der Waals surface area contributed by atoms with Gasteiger partial charge >= 0.3 is 0 Å². The van der Waals surface area contributed by atoms with Gasteiger partial charge in [0.05, 0.1) is 17.6 Å². The van der Waals surface area contributed by atoms with Gasteiger partial charge in [-0.05, 0) is 27.1 Å². The van der Waals surface area contributed by atoms with E-state index in [-0.39, 0.29) is 33.5 Å². The zero-order valence-electron chi connectivity index (χ0n) is 15.3. The smallest absolute Gasteiger partial charge is 0.229 e. The molecule has 2 aromatic rings. The van der Waals surface area contributed by atoms with Crippen LogP contribution in [0.4, 0.5) is 5.69 Å². The van der Waals surface area contributed by atoms with Crippen LogP contribution in [0.15, 0.2) is 53.3 Å². The van der Waals surface area contributed by atoms with Crippen LogP contribution in [0.1, 0.15) is 5.56 Å². The molecule has 8 nitrogen and oxygen atoms in total. The molecule has 158 valence electrons. The van der Waals surface area contributed by atoms with E-state index in [1.165, 1.54) is 12.1 Å². The second-order valence-electron chi connectivity index (χ2n) is 6.12. The first-order chi connectivity index (χ1) is 14.2. The van der Waals surface area contributed by atoms with Gasteiger partial charge in [0.2, 0.25) is 16.4 Å². The van der Waals surface area contributed by atoms with Crippen molar-refractivity contribution in [2.75, 3.05) is 11.0 Å². The summed E-state index contributed by atoms with van der Waals surface area (Å²) >= 11 is 6.46. The van der Waals surface area contributed by atoms with Gasteiger partial charge in [-0.3, -0.25) is 9.52 Å². The summed E-state index contributed by atoms with van der Waals surface area (Å²) in [6.45, 7) is 0. The number of hydrogen-bond donors (Lipinski definition) is 3. The highest BCUT2D eigenvalue weighted by Crippen LogP contribution is 2.51. The Bertz CT molecular complexity index is 1120. The molecule has 3 rings (SSSR count). The van der Waals surface area contributed by atoms with Crippen LogP contribution in [-0.4, -0.2) is 27.4 Å². The van der Waals surface area contributed by atoms with Crippen LogP contribution in [0.5, 0.6) is 17.2 Å². The van der Waals surface area contributed by atoms with Crippen molar-refractivity contribution < 1.29 is 27.5 Å². The number of hydrogen-bond acceptors (Lipinski definition) is 8. The molecule has 2 aromatic carbocycles. The third kappa shape index (κ3) is 4.71. The molecular formula is C18H15IN2O6S3. The van der Waals surface area contributed by atoms with Gasteiger partial charge in [-0.15, -0.1) is 0 Å². The quantitative estimate of drug-likeness (QED) is 0.250. The normalized spacial score (nSPS) is 18.1. The molecule has 1 aliphatic heterocycles. The first-order valence-electron chi connectivity index (χ1n) is 8.21. The van der Waals surface area contributed by atoms with Crippen molar-refractivity contribution in [2.24, 2.45) is 0 Å². The maximum atomic E-state index is 12.1. The molecule has 1 atom stereocenters. The van der Waals surface area contributed by atoms with Crippen molar-refractivity contribution in [3.8, 4) is 17.2 Å². The number of carbonyl (C=O) groups is 2. The number of thiol groups is 1. The Kier molecular flexibility index (Phi) is 6.89. The second kappa shape index (κ2) is 9.08. The lowest BCUT2D eigenvalue weighted by Crippen LogP contribution is -2.37. The molecule has 12 heteroatoms. The molecule has 0 saturated carbocycles. The minimum absolute atomic E-state index is 0.117. The van der Waals surface area contributed by atoms with Gasteiger partial charge in [-0.25, -0.2) is 8.42 Å². The average molecular weight is 578 g/mol. The summed E-state index contributed by atoms with van der Waals surface area (Å²) in [4.78, 5) is 23.2. The SMILES string of the molecule is CS(=O)(=O)Nc1cc2c(cc1Oc1ccccc1)C(S)(C=O)C(NC=O)=C(SI)O2. The zero-order valence-corrected chi connectivity index (χ0v) is 20.0. The maximum absolute atomic E-state index is 12.1. The van der Waals surface area contributed by atoms with Gasteiger partial charge in [0, 0.05) is 32.8 Å². The molecule has 30 heavy (non-hydrogen) atoms. The van der Waals surface area contributed by atoms with E-state index >= 15 is 0 Å². The minimum atomic E-state index is -3.64. The predicted molar refractivity (Wildman–Crippen MR) is 127 cm³/mol. The summed E-state index contributed by atoms with van der Waals surface area (Å²) in [6, 6.07) is 11.6. The van der Waals surface area contributed by atoms with Crippen molar-refractivity contribution in [3.05, 3.63) is 58.8 Å². The monoisotopic (exact) mass is 578 g/mol. The highest BCUT2D eigenvalue weighted by Gasteiger charge is 2.43. The van der Waals surface area contributed by atoms with Crippen LogP contribution in [0.2, 0.25) is 0 Å². The van der Waals surface area contributed by atoms with E-state index in [1.54, 1.807) is 30.3 Å². The van der Waals surface area contributed by atoms with Crippen molar-refractivity contribution in [2.45, 2.75) is 4.75 Å². The average Bonchev–Trinajstić information content (AvgIpc) is 2.70. The number of fused-ring (bicyclic) bond motifs is 1. The molecule has 2 N–H and O–H groups in total. The van der Waals surface area contributed by atoms with Gasteiger partial charge in [-0.2, -0.15) is 12.6 Å². The lowest BCUT2D eigenvalue weighted by molar-refractivity contribution is -0.110. The molecule has 0 bridgehead atoms. The molecule has 0 fully saturated rings. The van der Waals surface area contributed by atoms with Crippen LogP contribution in [0.25, 0.3) is 0 Å². The van der Waals surface area contributed by atoms with Gasteiger partial charge in [-0.1, -0.05) is 18.2 Å². The molecule has 1 unspecified atom stereocenters. The Labute approximate surface area is 194 Å². The summed E-state index contributed by atoms with van der Waals surface area (Å²) in [5.41, 5.74) is 0.549. The number of sulfonamides is 1. The maximum Gasteiger partial charge on any atom is 0.229 e. The van der Waals surface area contributed by atoms with Crippen molar-refractivity contribution in [1.82, 2.24) is 5.32 Å². The number of anilines is 1. The van der Waals surface area contributed by atoms with Crippen molar-refractivity contribution >= 4 is 71.2 Å². The Hall–Kier alpha value is -1.90. The fourth-order valence-corrected chi connectivity index (χ4v) is 5.09. The van der Waals surface area contributed by atoms with E-state index in [4.69, 9.17) is 9.47 Å². The third-order valence-electron chi connectivity index (χ3n) is 3.99. The molecule has 1 aliphatic rings. The van der Waals surface area contributed by atoms with E-state index in [1.807, 2.05) is 21.2 Å². The predicted octanol–water partition coefficient (Wildman–Crippen LogP) is 3.57. The van der Waals surface area contributed by atoms with Crippen molar-refractivity contribution in [3.63, 3.8) is 0 Å². The fraction of sp³-hybridized carbons (Fsp3) is 0.111. The molecule has 1 heterocycles. The lowest BCUT2D eigenvalue weighted by atomic mass is 9.93. The molecule has 0 aliphatic carbocycles. The summed E-state index contributed by atoms with van der Waals surface area (Å²) in [7, 11) is -2.51. The van der Waals surface area contributed by atoms with E-state index < -0.39 is 14.8 Å². The van der Waals surface area contributed by atoms with Gasteiger partial charge in [0.15, 0.2) is 10.8 Å². The second-order valence-corrected chi connectivity index (χ2v) is 10.4. The molecule has 0 aromatic heterocycles. The standard InChI is InChI=1S/C18H15IN2O6S3/c1-30(24,25)21-13-8-14-12(7-15(13)26-11-5-3-2-4-6-11)18(28,9-22)16(20-10-23)17(27-14)29-19/h2-10,21,28H,1H3,(H,20,23). The van der Waals surface area contributed by atoms with Crippen LogP contribution in [-0.2, 0) is 24.4 Å². The number of halogens is 1. The lowest BCUT2D eigenvalue weighted by Gasteiger charge is -2.33. The number of rotatable bonds is 8. The summed E-state index contributed by atoms with van der Waals surface area (Å²) < 4.78 is 36.3. The fourth-order valence-electron chi connectivity index (χ4n) is 2.77. The first kappa shape index (κ1) is 22.8. The summed E-state index contributed by atoms with van der Waals surface area (Å²) in [5, 5.41) is 2.71. The summed E-state index contributed by atoms with van der Waals surface area (Å²) in [6.07, 6.45) is 1.99. The largest absolute Gasteiger partial charge is 0.455 e. The first-order valence-corrected chi connectivity index (χ1v) is 13.9. The zero-order chi connectivity index (χ0) is 21.9. The Morgan fingerprint density at radius 2 is 1.93 bits per heavy atom. The topological polar surface area (TPSA) is 111 Å². The molecule has 1 amide bonds. The van der Waals surface area contributed by atoms with Gasteiger partial charge in [0.1, 0.15) is 22.5 Å². The van der Waals surface area contributed by atoms with Gasteiger partial charge in [0.25, 0.3) is 0 Å². The third-order valence-corrected chi connectivity index (χ3v) is 6.78. The Morgan fingerprint density at radius 1 is 1.23 bits per heavy atom.